The summed E-state index contributed by atoms with van der Waals surface area (Å²) >= 11 is 4.90. The van der Waals surface area contributed by atoms with E-state index in [9.17, 15) is 0 Å². The largest absolute Gasteiger partial charge is 0.217 e. The molecular weight excluding hydrogens is 322 g/mol. The van der Waals surface area contributed by atoms with E-state index in [1.165, 1.54) is 22.1 Å². The van der Waals surface area contributed by atoms with Crippen molar-refractivity contribution in [1.29, 1.82) is 0 Å². The zero-order valence-corrected chi connectivity index (χ0v) is 12.1. The minimum absolute atomic E-state index is 0.847. The van der Waals surface area contributed by atoms with Crippen LogP contribution in [-0.4, -0.2) is 14.6 Å². The molecule has 0 fully saturated rings. The maximum atomic E-state index is 4.64. The van der Waals surface area contributed by atoms with E-state index in [2.05, 4.69) is 68.5 Å². The molecule has 0 bridgehead atoms. The van der Waals surface area contributed by atoms with Crippen molar-refractivity contribution in [2.24, 2.45) is 0 Å². The first-order valence-corrected chi connectivity index (χ1v) is 7.42. The Labute approximate surface area is 121 Å². The molecule has 0 aliphatic carbocycles. The van der Waals surface area contributed by atoms with E-state index in [4.69, 9.17) is 0 Å². The van der Waals surface area contributed by atoms with E-state index in [0.29, 0.717) is 0 Å². The molecule has 2 heterocycles. The van der Waals surface area contributed by atoms with Crippen molar-refractivity contribution in [3.8, 4) is 11.3 Å². The number of aromatic nitrogens is 3. The average Bonchev–Trinajstić information content (AvgIpc) is 2.95. The Balaban J connectivity index is 2.00. The summed E-state index contributed by atoms with van der Waals surface area (Å²) in [5.41, 5.74) is 2.11. The van der Waals surface area contributed by atoms with Gasteiger partial charge in [-0.25, -0.2) is 9.50 Å². The standard InChI is InChI=1S/C14H8BrN3S/c15-13-17-18-8-12(16-14(18)19-13)11-7-3-5-9-4-1-2-6-10(9)11/h1-8H. The number of halogens is 1. The maximum absolute atomic E-state index is 4.64. The van der Waals surface area contributed by atoms with Crippen LogP contribution in [0.2, 0.25) is 0 Å². The number of hydrogen-bond acceptors (Lipinski definition) is 3. The summed E-state index contributed by atoms with van der Waals surface area (Å²) in [5.74, 6) is 0. The van der Waals surface area contributed by atoms with Gasteiger partial charge in [0.25, 0.3) is 0 Å². The van der Waals surface area contributed by atoms with Crippen LogP contribution in [0.5, 0.6) is 0 Å². The van der Waals surface area contributed by atoms with E-state index >= 15 is 0 Å². The minimum atomic E-state index is 0.847. The summed E-state index contributed by atoms with van der Waals surface area (Å²) in [5, 5.41) is 6.77. The van der Waals surface area contributed by atoms with E-state index in [1.54, 1.807) is 0 Å². The summed E-state index contributed by atoms with van der Waals surface area (Å²) in [6.07, 6.45) is 1.97. The summed E-state index contributed by atoms with van der Waals surface area (Å²) in [7, 11) is 0. The molecular formula is C14H8BrN3S. The highest BCUT2D eigenvalue weighted by molar-refractivity contribution is 9.11. The van der Waals surface area contributed by atoms with Crippen molar-refractivity contribution in [2.45, 2.75) is 0 Å². The maximum Gasteiger partial charge on any atom is 0.213 e. The lowest BCUT2D eigenvalue weighted by atomic mass is 10.0. The Hall–Kier alpha value is -1.72. The van der Waals surface area contributed by atoms with Crippen LogP contribution in [0, 0.1) is 0 Å². The average molecular weight is 330 g/mol. The smallest absolute Gasteiger partial charge is 0.213 e. The van der Waals surface area contributed by atoms with Gasteiger partial charge in [-0.1, -0.05) is 53.8 Å². The van der Waals surface area contributed by atoms with Gasteiger partial charge in [-0.2, -0.15) is 0 Å². The van der Waals surface area contributed by atoms with Gasteiger partial charge in [0.05, 0.1) is 11.9 Å². The van der Waals surface area contributed by atoms with Gasteiger partial charge in [-0.15, -0.1) is 5.10 Å². The lowest BCUT2D eigenvalue weighted by molar-refractivity contribution is 0.959. The first kappa shape index (κ1) is 11.1. The molecule has 0 saturated heterocycles. The van der Waals surface area contributed by atoms with Crippen LogP contribution in [0.3, 0.4) is 0 Å². The molecule has 2 aromatic carbocycles. The summed E-state index contributed by atoms with van der Waals surface area (Å²) in [6, 6.07) is 14.6. The van der Waals surface area contributed by atoms with Gasteiger partial charge in [-0.05, 0) is 26.7 Å². The summed E-state index contributed by atoms with van der Waals surface area (Å²) < 4.78 is 2.66. The van der Waals surface area contributed by atoms with Gasteiger partial charge >= 0.3 is 0 Å². The van der Waals surface area contributed by atoms with Gasteiger partial charge in [0.1, 0.15) is 0 Å². The molecule has 92 valence electrons. The zero-order chi connectivity index (χ0) is 12.8. The SMILES string of the molecule is Brc1nn2cc(-c3cccc4ccccc34)nc2s1. The van der Waals surface area contributed by atoms with Gasteiger partial charge in [0, 0.05) is 5.56 Å². The van der Waals surface area contributed by atoms with Crippen LogP contribution in [0.1, 0.15) is 0 Å². The third-order valence-corrected chi connectivity index (χ3v) is 4.44. The van der Waals surface area contributed by atoms with Crippen LogP contribution in [-0.2, 0) is 0 Å². The van der Waals surface area contributed by atoms with Gasteiger partial charge in [0.15, 0.2) is 3.92 Å². The second kappa shape index (κ2) is 4.15. The fourth-order valence-electron chi connectivity index (χ4n) is 2.25. The molecule has 0 aliphatic heterocycles. The van der Waals surface area contributed by atoms with Gasteiger partial charge < -0.3 is 0 Å². The number of hydrogen-bond donors (Lipinski definition) is 0. The molecule has 0 amide bonds. The number of fused-ring (bicyclic) bond motifs is 2. The van der Waals surface area contributed by atoms with Crippen molar-refractivity contribution in [1.82, 2.24) is 14.6 Å². The summed E-state index contributed by atoms with van der Waals surface area (Å²) in [6.45, 7) is 0. The molecule has 5 heteroatoms. The predicted octanol–water partition coefficient (Wildman–Crippen LogP) is 4.37. The van der Waals surface area contributed by atoms with Crippen LogP contribution >= 0.6 is 27.3 Å². The van der Waals surface area contributed by atoms with Gasteiger partial charge in [-0.3, -0.25) is 0 Å². The van der Waals surface area contributed by atoms with Gasteiger partial charge in [0.2, 0.25) is 4.96 Å². The molecule has 0 saturated carbocycles. The summed E-state index contributed by atoms with van der Waals surface area (Å²) in [4.78, 5) is 5.54. The molecule has 0 radical (unpaired) electrons. The molecule has 0 unspecified atom stereocenters. The normalized spacial score (nSPS) is 11.4. The molecule has 0 aliphatic rings. The number of imidazole rings is 1. The Kier molecular flexibility index (Phi) is 2.43. The highest BCUT2D eigenvalue weighted by atomic mass is 79.9. The molecule has 4 rings (SSSR count). The van der Waals surface area contributed by atoms with Crippen molar-refractivity contribution in [2.75, 3.05) is 0 Å². The Morgan fingerprint density at radius 2 is 1.89 bits per heavy atom. The van der Waals surface area contributed by atoms with Crippen molar-refractivity contribution in [3.05, 3.63) is 52.6 Å². The molecule has 2 aromatic heterocycles. The highest BCUT2D eigenvalue weighted by Gasteiger charge is 2.10. The zero-order valence-electron chi connectivity index (χ0n) is 9.75. The van der Waals surface area contributed by atoms with Crippen molar-refractivity contribution < 1.29 is 0 Å². The quantitative estimate of drug-likeness (QED) is 0.519. The second-order valence-electron chi connectivity index (χ2n) is 4.24. The van der Waals surface area contributed by atoms with E-state index < -0.39 is 0 Å². The first-order valence-electron chi connectivity index (χ1n) is 5.81. The molecule has 4 aromatic rings. The van der Waals surface area contributed by atoms with Crippen LogP contribution in [0.4, 0.5) is 0 Å². The minimum Gasteiger partial charge on any atom is -0.217 e. The highest BCUT2D eigenvalue weighted by Crippen LogP contribution is 2.29. The fourth-order valence-corrected chi connectivity index (χ4v) is 3.47. The molecule has 19 heavy (non-hydrogen) atoms. The Morgan fingerprint density at radius 3 is 2.79 bits per heavy atom. The molecule has 0 atom stereocenters. The molecule has 0 N–H and O–H groups in total. The predicted molar refractivity (Wildman–Crippen MR) is 81.5 cm³/mol. The van der Waals surface area contributed by atoms with Crippen molar-refractivity contribution in [3.63, 3.8) is 0 Å². The monoisotopic (exact) mass is 329 g/mol. The third-order valence-electron chi connectivity index (χ3n) is 3.08. The van der Waals surface area contributed by atoms with E-state index in [1.807, 2.05) is 10.7 Å². The Morgan fingerprint density at radius 1 is 1.05 bits per heavy atom. The Bertz CT molecular complexity index is 857. The second-order valence-corrected chi connectivity index (χ2v) is 6.47. The van der Waals surface area contributed by atoms with E-state index in [-0.39, 0.29) is 0 Å². The van der Waals surface area contributed by atoms with Crippen LogP contribution < -0.4 is 0 Å². The number of nitrogens with zero attached hydrogens (tertiary/aromatic N) is 3. The fraction of sp³-hybridized carbons (Fsp3) is 0. The van der Waals surface area contributed by atoms with Crippen molar-refractivity contribution >= 4 is 43.0 Å². The van der Waals surface area contributed by atoms with E-state index in [0.717, 1.165) is 20.1 Å². The first-order chi connectivity index (χ1) is 9.31. The lowest BCUT2D eigenvalue weighted by Crippen LogP contribution is -1.81. The third kappa shape index (κ3) is 1.77. The number of rotatable bonds is 1. The molecule has 0 spiro atoms. The number of benzene rings is 2. The topological polar surface area (TPSA) is 30.2 Å². The lowest BCUT2D eigenvalue weighted by Gasteiger charge is -2.02. The van der Waals surface area contributed by atoms with Crippen LogP contribution in [0.15, 0.2) is 52.6 Å². The molecule has 3 nitrogen and oxygen atoms in total. The van der Waals surface area contributed by atoms with Crippen LogP contribution in [0.25, 0.3) is 27.0 Å².